The first-order valence-corrected chi connectivity index (χ1v) is 6.76. The third-order valence-electron chi connectivity index (χ3n) is 3.16. The van der Waals surface area contributed by atoms with Gasteiger partial charge in [0, 0.05) is 38.9 Å². The first kappa shape index (κ1) is 16.7. The maximum Gasteiger partial charge on any atom is 0.330 e. The minimum absolute atomic E-state index is 0.0661. The molecule has 0 aliphatic heterocycles. The fourth-order valence-electron chi connectivity index (χ4n) is 2.09. The predicted molar refractivity (Wildman–Crippen MR) is 78.7 cm³/mol. The SMILES string of the molecule is Cn1c(CNCC(O)CC(C)(C)C)cc(=O)n(C)c1=O. The van der Waals surface area contributed by atoms with Crippen LogP contribution in [0.3, 0.4) is 0 Å². The molecule has 0 radical (unpaired) electrons. The molecule has 114 valence electrons. The third kappa shape index (κ3) is 4.61. The largest absolute Gasteiger partial charge is 0.392 e. The van der Waals surface area contributed by atoms with Crippen molar-refractivity contribution in [1.29, 1.82) is 0 Å². The fraction of sp³-hybridized carbons (Fsp3) is 0.714. The molecule has 6 heteroatoms. The summed E-state index contributed by atoms with van der Waals surface area (Å²) in [6.07, 6.45) is 0.244. The van der Waals surface area contributed by atoms with Gasteiger partial charge >= 0.3 is 5.69 Å². The van der Waals surface area contributed by atoms with E-state index in [1.807, 2.05) is 0 Å². The Labute approximate surface area is 119 Å². The lowest BCUT2D eigenvalue weighted by atomic mass is 9.89. The predicted octanol–water partition coefficient (Wildman–Crippen LogP) is -0.0293. The Morgan fingerprint density at radius 3 is 2.40 bits per heavy atom. The average Bonchev–Trinajstić information content (AvgIpc) is 2.30. The number of aliphatic hydroxyl groups excluding tert-OH is 1. The van der Waals surface area contributed by atoms with Crippen LogP contribution in [0.5, 0.6) is 0 Å². The molecule has 0 aliphatic rings. The van der Waals surface area contributed by atoms with Crippen molar-refractivity contribution in [2.24, 2.45) is 19.5 Å². The first-order chi connectivity index (χ1) is 9.11. The van der Waals surface area contributed by atoms with Gasteiger partial charge in [0.15, 0.2) is 0 Å². The van der Waals surface area contributed by atoms with Crippen molar-refractivity contribution in [3.63, 3.8) is 0 Å². The Morgan fingerprint density at radius 2 is 1.85 bits per heavy atom. The summed E-state index contributed by atoms with van der Waals surface area (Å²) in [5, 5.41) is 13.0. The van der Waals surface area contributed by atoms with Crippen LogP contribution >= 0.6 is 0 Å². The number of nitrogens with zero attached hydrogens (tertiary/aromatic N) is 2. The van der Waals surface area contributed by atoms with E-state index in [4.69, 9.17) is 0 Å². The van der Waals surface area contributed by atoms with Crippen LogP contribution in [0.1, 0.15) is 32.9 Å². The van der Waals surface area contributed by atoms with Gasteiger partial charge in [-0.05, 0) is 11.8 Å². The molecule has 6 nitrogen and oxygen atoms in total. The summed E-state index contributed by atoms with van der Waals surface area (Å²) in [4.78, 5) is 23.3. The van der Waals surface area contributed by atoms with Crippen LogP contribution in [0.2, 0.25) is 0 Å². The molecule has 0 aliphatic carbocycles. The lowest BCUT2D eigenvalue weighted by Gasteiger charge is -2.22. The average molecular weight is 283 g/mol. The summed E-state index contributed by atoms with van der Waals surface area (Å²) < 4.78 is 2.50. The summed E-state index contributed by atoms with van der Waals surface area (Å²) in [5.74, 6) is 0. The van der Waals surface area contributed by atoms with Gasteiger partial charge in [-0.3, -0.25) is 13.9 Å². The standard InChI is InChI=1S/C14H25N3O3/c1-14(2,3)7-11(18)9-15-8-10-6-12(19)17(5)13(20)16(10)4/h6,11,15,18H,7-9H2,1-5H3. The Bertz CT molecular complexity index is 566. The molecular weight excluding hydrogens is 258 g/mol. The van der Waals surface area contributed by atoms with Crippen LogP contribution in [0, 0.1) is 5.41 Å². The van der Waals surface area contributed by atoms with E-state index in [9.17, 15) is 14.7 Å². The van der Waals surface area contributed by atoms with E-state index < -0.39 is 6.10 Å². The molecule has 0 amide bonds. The number of aromatic nitrogens is 2. The van der Waals surface area contributed by atoms with Crippen molar-refractivity contribution in [3.05, 3.63) is 32.6 Å². The summed E-state index contributed by atoms with van der Waals surface area (Å²) in [6, 6.07) is 1.44. The molecule has 1 unspecified atom stereocenters. The number of rotatable bonds is 5. The molecule has 0 saturated carbocycles. The maximum atomic E-state index is 11.7. The zero-order valence-corrected chi connectivity index (χ0v) is 12.9. The van der Waals surface area contributed by atoms with Gasteiger partial charge in [0.1, 0.15) is 0 Å². The van der Waals surface area contributed by atoms with Crippen LogP contribution < -0.4 is 16.6 Å². The zero-order valence-electron chi connectivity index (χ0n) is 12.9. The van der Waals surface area contributed by atoms with Crippen molar-refractivity contribution in [1.82, 2.24) is 14.5 Å². The van der Waals surface area contributed by atoms with E-state index in [1.54, 1.807) is 7.05 Å². The third-order valence-corrected chi connectivity index (χ3v) is 3.16. The van der Waals surface area contributed by atoms with Crippen molar-refractivity contribution in [3.8, 4) is 0 Å². The van der Waals surface area contributed by atoms with E-state index in [0.29, 0.717) is 25.2 Å². The topological polar surface area (TPSA) is 76.3 Å². The van der Waals surface area contributed by atoms with Crippen LogP contribution in [-0.4, -0.2) is 26.9 Å². The Balaban J connectivity index is 2.64. The van der Waals surface area contributed by atoms with E-state index in [1.165, 1.54) is 17.7 Å². The lowest BCUT2D eigenvalue weighted by Crippen LogP contribution is -2.39. The lowest BCUT2D eigenvalue weighted by molar-refractivity contribution is 0.119. The van der Waals surface area contributed by atoms with Gasteiger partial charge in [-0.15, -0.1) is 0 Å². The number of hydrogen-bond acceptors (Lipinski definition) is 4. The van der Waals surface area contributed by atoms with Crippen molar-refractivity contribution in [2.75, 3.05) is 6.54 Å². The second kappa shape index (κ2) is 6.37. The van der Waals surface area contributed by atoms with Gasteiger partial charge in [0.05, 0.1) is 6.10 Å². The normalized spacial score (nSPS) is 13.5. The van der Waals surface area contributed by atoms with Crippen LogP contribution in [-0.2, 0) is 20.6 Å². The summed E-state index contributed by atoms with van der Waals surface area (Å²) in [6.45, 7) is 7.02. The molecule has 0 saturated heterocycles. The molecule has 1 rings (SSSR count). The highest BCUT2D eigenvalue weighted by atomic mass is 16.3. The van der Waals surface area contributed by atoms with Gasteiger partial charge in [0.2, 0.25) is 0 Å². The fourth-order valence-corrected chi connectivity index (χ4v) is 2.09. The van der Waals surface area contributed by atoms with Crippen molar-refractivity contribution in [2.45, 2.75) is 39.8 Å². The van der Waals surface area contributed by atoms with Gasteiger partial charge in [-0.2, -0.15) is 0 Å². The summed E-state index contributed by atoms with van der Waals surface area (Å²) >= 11 is 0. The quantitative estimate of drug-likeness (QED) is 0.796. The molecule has 2 N–H and O–H groups in total. The second-order valence-corrected chi connectivity index (χ2v) is 6.42. The molecule has 1 aromatic rings. The Kier molecular flexibility index (Phi) is 5.30. The van der Waals surface area contributed by atoms with Crippen LogP contribution in [0.15, 0.2) is 15.7 Å². The van der Waals surface area contributed by atoms with E-state index in [0.717, 1.165) is 4.57 Å². The molecular formula is C14H25N3O3. The van der Waals surface area contributed by atoms with Gasteiger partial charge in [-0.1, -0.05) is 20.8 Å². The molecule has 1 atom stereocenters. The Hall–Kier alpha value is -1.40. The first-order valence-electron chi connectivity index (χ1n) is 6.76. The number of hydrogen-bond donors (Lipinski definition) is 2. The smallest absolute Gasteiger partial charge is 0.330 e. The summed E-state index contributed by atoms with van der Waals surface area (Å²) in [7, 11) is 3.08. The van der Waals surface area contributed by atoms with E-state index in [2.05, 4.69) is 26.1 Å². The minimum Gasteiger partial charge on any atom is -0.392 e. The van der Waals surface area contributed by atoms with Crippen molar-refractivity contribution < 1.29 is 5.11 Å². The maximum absolute atomic E-state index is 11.7. The monoisotopic (exact) mass is 283 g/mol. The van der Waals surface area contributed by atoms with Crippen LogP contribution in [0.25, 0.3) is 0 Å². The summed E-state index contributed by atoms with van der Waals surface area (Å²) in [5.41, 5.74) is 0.0159. The molecule has 0 bridgehead atoms. The van der Waals surface area contributed by atoms with Gasteiger partial charge < -0.3 is 10.4 Å². The highest BCUT2D eigenvalue weighted by Gasteiger charge is 2.16. The van der Waals surface area contributed by atoms with Crippen LogP contribution in [0.4, 0.5) is 0 Å². The minimum atomic E-state index is -0.446. The highest BCUT2D eigenvalue weighted by Crippen LogP contribution is 2.20. The second-order valence-electron chi connectivity index (χ2n) is 6.42. The van der Waals surface area contributed by atoms with Gasteiger partial charge in [0.25, 0.3) is 5.56 Å². The molecule has 0 aromatic carbocycles. The van der Waals surface area contributed by atoms with Crippen molar-refractivity contribution >= 4 is 0 Å². The van der Waals surface area contributed by atoms with E-state index >= 15 is 0 Å². The van der Waals surface area contributed by atoms with E-state index in [-0.39, 0.29) is 16.7 Å². The molecule has 20 heavy (non-hydrogen) atoms. The molecule has 0 fully saturated rings. The number of nitrogens with one attached hydrogen (secondary N) is 1. The Morgan fingerprint density at radius 1 is 1.25 bits per heavy atom. The zero-order chi connectivity index (χ0) is 15.5. The number of aliphatic hydroxyl groups is 1. The highest BCUT2D eigenvalue weighted by molar-refractivity contribution is 5.01. The molecule has 0 spiro atoms. The molecule has 1 heterocycles. The van der Waals surface area contributed by atoms with Gasteiger partial charge in [-0.25, -0.2) is 4.79 Å². The molecule has 1 aromatic heterocycles.